The van der Waals surface area contributed by atoms with Gasteiger partial charge in [0.25, 0.3) is 0 Å². The Hall–Kier alpha value is -3.44. The van der Waals surface area contributed by atoms with E-state index in [1.54, 1.807) is 17.5 Å². The number of benzene rings is 2. The van der Waals surface area contributed by atoms with Gasteiger partial charge in [0.2, 0.25) is 0 Å². The van der Waals surface area contributed by atoms with Crippen molar-refractivity contribution in [2.45, 2.75) is 6.92 Å². The molecule has 1 N–H and O–H groups in total. The van der Waals surface area contributed by atoms with Gasteiger partial charge < -0.3 is 9.72 Å². The van der Waals surface area contributed by atoms with E-state index in [4.69, 9.17) is 4.74 Å². The second-order valence-electron chi connectivity index (χ2n) is 6.59. The molecule has 0 saturated carbocycles. The zero-order valence-corrected chi connectivity index (χ0v) is 16.0. The molecule has 5 aromatic rings. The molecule has 5 heteroatoms. The van der Waals surface area contributed by atoms with Crippen LogP contribution in [0.5, 0.6) is 11.5 Å². The maximum atomic E-state index is 6.08. The molecule has 4 nitrogen and oxygen atoms in total. The summed E-state index contributed by atoms with van der Waals surface area (Å²) in [4.78, 5) is 13.4. The molecule has 0 saturated heterocycles. The highest BCUT2D eigenvalue weighted by Gasteiger charge is 2.13. The number of nitrogens with one attached hydrogen (secondary N) is 1. The van der Waals surface area contributed by atoms with E-state index < -0.39 is 0 Å². The van der Waals surface area contributed by atoms with Gasteiger partial charge in [-0.05, 0) is 30.7 Å². The molecule has 2 aromatic carbocycles. The van der Waals surface area contributed by atoms with Crippen LogP contribution in [-0.2, 0) is 0 Å². The molecular formula is C23H17N3OS. The highest BCUT2D eigenvalue weighted by molar-refractivity contribution is 7.22. The number of thiophene rings is 1. The van der Waals surface area contributed by atoms with Gasteiger partial charge in [0.1, 0.15) is 11.6 Å². The molecule has 3 aromatic heterocycles. The van der Waals surface area contributed by atoms with Crippen LogP contribution in [0.1, 0.15) is 5.56 Å². The molecule has 0 radical (unpaired) electrons. The molecule has 0 unspecified atom stereocenters. The van der Waals surface area contributed by atoms with E-state index >= 15 is 0 Å². The summed E-state index contributed by atoms with van der Waals surface area (Å²) >= 11 is 1.65. The number of H-pyrrole nitrogens is 1. The van der Waals surface area contributed by atoms with E-state index in [1.165, 1.54) is 5.56 Å². The lowest BCUT2D eigenvalue weighted by Crippen LogP contribution is -1.86. The van der Waals surface area contributed by atoms with Crippen molar-refractivity contribution < 1.29 is 4.74 Å². The number of rotatable bonds is 4. The standard InChI is InChI=1S/C23H17N3OS/c1-15-7-9-17(10-8-15)27-20-13-24-14-22-18(20)11-21(28-22)23-25-12-19(26-23)16-5-3-2-4-6-16/h2-14H,1H3,(H,25,26). The van der Waals surface area contributed by atoms with Crippen molar-refractivity contribution in [1.29, 1.82) is 0 Å². The number of nitrogens with zero attached hydrogens (tertiary/aromatic N) is 2. The maximum Gasteiger partial charge on any atom is 0.154 e. The van der Waals surface area contributed by atoms with Crippen LogP contribution in [-0.4, -0.2) is 15.0 Å². The third-order valence-electron chi connectivity index (χ3n) is 4.55. The van der Waals surface area contributed by atoms with Crippen molar-refractivity contribution in [3.05, 3.63) is 84.8 Å². The van der Waals surface area contributed by atoms with Crippen LogP contribution in [0.2, 0.25) is 0 Å². The zero-order valence-electron chi connectivity index (χ0n) is 15.2. The predicted octanol–water partition coefficient (Wildman–Crippen LogP) is 6.45. The molecule has 0 bridgehead atoms. The average Bonchev–Trinajstić information content (AvgIpc) is 3.38. The lowest BCUT2D eigenvalue weighted by atomic mass is 10.2. The molecule has 0 spiro atoms. The SMILES string of the molecule is Cc1ccc(Oc2cncc3sc(-c4ncc(-c5ccccc5)[nH]4)cc23)cc1. The Labute approximate surface area is 166 Å². The fourth-order valence-corrected chi connectivity index (χ4v) is 4.08. The van der Waals surface area contributed by atoms with Crippen molar-refractivity contribution in [3.63, 3.8) is 0 Å². The van der Waals surface area contributed by atoms with E-state index in [1.807, 2.05) is 54.9 Å². The molecule has 0 aliphatic carbocycles. The highest BCUT2D eigenvalue weighted by atomic mass is 32.1. The number of pyridine rings is 1. The first-order valence-corrected chi connectivity index (χ1v) is 9.81. The molecule has 0 aliphatic heterocycles. The number of ether oxygens (including phenoxy) is 1. The average molecular weight is 383 g/mol. The van der Waals surface area contributed by atoms with E-state index in [9.17, 15) is 0 Å². The van der Waals surface area contributed by atoms with E-state index in [2.05, 4.69) is 40.1 Å². The minimum atomic E-state index is 0.749. The Kier molecular flexibility index (Phi) is 4.14. The molecule has 0 atom stereocenters. The topological polar surface area (TPSA) is 50.8 Å². The van der Waals surface area contributed by atoms with Crippen molar-refractivity contribution in [3.8, 4) is 33.5 Å². The van der Waals surface area contributed by atoms with Gasteiger partial charge in [0, 0.05) is 11.6 Å². The number of aromatic amines is 1. The summed E-state index contributed by atoms with van der Waals surface area (Å²) in [5, 5.41) is 1.04. The fourth-order valence-electron chi connectivity index (χ4n) is 3.08. The summed E-state index contributed by atoms with van der Waals surface area (Å²) in [5.74, 6) is 2.40. The van der Waals surface area contributed by atoms with Gasteiger partial charge in [-0.2, -0.15) is 0 Å². The van der Waals surface area contributed by atoms with Crippen molar-refractivity contribution >= 4 is 21.4 Å². The molecule has 0 fully saturated rings. The lowest BCUT2D eigenvalue weighted by molar-refractivity contribution is 0.486. The Bertz CT molecular complexity index is 1240. The molecule has 28 heavy (non-hydrogen) atoms. The Morgan fingerprint density at radius 1 is 0.929 bits per heavy atom. The van der Waals surface area contributed by atoms with Crippen molar-refractivity contribution in [2.75, 3.05) is 0 Å². The third-order valence-corrected chi connectivity index (χ3v) is 5.63. The van der Waals surface area contributed by atoms with Crippen LogP contribution in [0.15, 0.2) is 79.3 Å². The van der Waals surface area contributed by atoms with Crippen LogP contribution >= 0.6 is 11.3 Å². The monoisotopic (exact) mass is 383 g/mol. The first-order chi connectivity index (χ1) is 13.8. The Morgan fingerprint density at radius 3 is 2.57 bits per heavy atom. The van der Waals surface area contributed by atoms with Gasteiger partial charge in [-0.25, -0.2) is 4.98 Å². The maximum absolute atomic E-state index is 6.08. The number of aryl methyl sites for hydroxylation is 1. The molecule has 3 heterocycles. The molecule has 5 rings (SSSR count). The Morgan fingerprint density at radius 2 is 1.75 bits per heavy atom. The van der Waals surface area contributed by atoms with Crippen molar-refractivity contribution in [2.24, 2.45) is 0 Å². The summed E-state index contributed by atoms with van der Waals surface area (Å²) in [7, 11) is 0. The quantitative estimate of drug-likeness (QED) is 0.388. The third kappa shape index (κ3) is 3.17. The second kappa shape index (κ2) is 6.94. The van der Waals surface area contributed by atoms with Crippen LogP contribution < -0.4 is 4.74 Å². The van der Waals surface area contributed by atoms with Crippen LogP contribution in [0.25, 0.3) is 32.0 Å². The largest absolute Gasteiger partial charge is 0.455 e. The number of imidazole rings is 1. The molecule has 0 aliphatic rings. The molecule has 136 valence electrons. The van der Waals surface area contributed by atoms with Crippen LogP contribution in [0.4, 0.5) is 0 Å². The summed E-state index contributed by atoms with van der Waals surface area (Å²) < 4.78 is 7.15. The predicted molar refractivity (Wildman–Crippen MR) is 114 cm³/mol. The van der Waals surface area contributed by atoms with Crippen LogP contribution in [0.3, 0.4) is 0 Å². The van der Waals surface area contributed by atoms with E-state index in [0.717, 1.165) is 43.5 Å². The molecule has 0 amide bonds. The van der Waals surface area contributed by atoms with Gasteiger partial charge in [0.05, 0.1) is 27.7 Å². The normalized spacial score (nSPS) is 11.0. The van der Waals surface area contributed by atoms with Gasteiger partial charge >= 0.3 is 0 Å². The fraction of sp³-hybridized carbons (Fsp3) is 0.0435. The second-order valence-corrected chi connectivity index (χ2v) is 7.67. The van der Waals surface area contributed by atoms with Gasteiger partial charge in [-0.15, -0.1) is 11.3 Å². The van der Waals surface area contributed by atoms with Crippen molar-refractivity contribution in [1.82, 2.24) is 15.0 Å². The summed E-state index contributed by atoms with van der Waals surface area (Å²) in [6, 6.07) is 20.3. The van der Waals surface area contributed by atoms with Gasteiger partial charge in [0.15, 0.2) is 5.75 Å². The minimum Gasteiger partial charge on any atom is -0.455 e. The summed E-state index contributed by atoms with van der Waals surface area (Å²) in [6.07, 6.45) is 5.50. The Balaban J connectivity index is 1.50. The smallest absolute Gasteiger partial charge is 0.154 e. The van der Waals surface area contributed by atoms with E-state index in [0.29, 0.717) is 0 Å². The highest BCUT2D eigenvalue weighted by Crippen LogP contribution is 2.38. The zero-order chi connectivity index (χ0) is 18.9. The first-order valence-electron chi connectivity index (χ1n) is 8.99. The number of hydrogen-bond donors (Lipinski definition) is 1. The van der Waals surface area contributed by atoms with Gasteiger partial charge in [-0.3, -0.25) is 4.98 Å². The number of fused-ring (bicyclic) bond motifs is 1. The van der Waals surface area contributed by atoms with E-state index in [-0.39, 0.29) is 0 Å². The summed E-state index contributed by atoms with van der Waals surface area (Å²) in [6.45, 7) is 2.06. The number of hydrogen-bond acceptors (Lipinski definition) is 4. The minimum absolute atomic E-state index is 0.749. The summed E-state index contributed by atoms with van der Waals surface area (Å²) in [5.41, 5.74) is 3.32. The van der Waals surface area contributed by atoms with Gasteiger partial charge in [-0.1, -0.05) is 48.0 Å². The van der Waals surface area contributed by atoms with Crippen LogP contribution in [0, 0.1) is 6.92 Å². The lowest BCUT2D eigenvalue weighted by Gasteiger charge is -2.06. The first kappa shape index (κ1) is 16.7. The number of aromatic nitrogens is 3. The molecular weight excluding hydrogens is 366 g/mol.